The summed E-state index contributed by atoms with van der Waals surface area (Å²) in [6.07, 6.45) is 7.24. The van der Waals surface area contributed by atoms with Gasteiger partial charge in [-0.1, -0.05) is 24.3 Å². The summed E-state index contributed by atoms with van der Waals surface area (Å²) >= 11 is 0. The van der Waals surface area contributed by atoms with E-state index in [-0.39, 0.29) is 5.91 Å². The third kappa shape index (κ3) is 2.57. The molecule has 2 aromatic heterocycles. The second kappa shape index (κ2) is 5.80. The van der Waals surface area contributed by atoms with E-state index in [1.54, 1.807) is 24.7 Å². The first-order valence-corrected chi connectivity index (χ1v) is 7.87. The minimum Gasteiger partial charge on any atom is -0.351 e. The number of hydrogen-bond donors (Lipinski definition) is 1. The maximum atomic E-state index is 12.6. The van der Waals surface area contributed by atoms with Crippen LogP contribution in [-0.4, -0.2) is 22.4 Å². The number of aromatic nitrogens is 2. The molecule has 3 aromatic rings. The summed E-state index contributed by atoms with van der Waals surface area (Å²) in [7, 11) is 0. The normalized spacial score (nSPS) is 16.3. The van der Waals surface area contributed by atoms with E-state index in [4.69, 9.17) is 0 Å². The molecular weight excluding hydrogens is 286 g/mol. The van der Waals surface area contributed by atoms with Crippen molar-refractivity contribution >= 4 is 16.8 Å². The highest BCUT2D eigenvalue weighted by atomic mass is 16.1. The lowest BCUT2D eigenvalue weighted by atomic mass is 10.0. The molecule has 114 valence electrons. The van der Waals surface area contributed by atoms with E-state index in [9.17, 15) is 4.79 Å². The Morgan fingerprint density at radius 3 is 3.04 bits per heavy atom. The predicted molar refractivity (Wildman–Crippen MR) is 89.4 cm³/mol. The molecule has 4 nitrogen and oxygen atoms in total. The summed E-state index contributed by atoms with van der Waals surface area (Å²) in [6, 6.07) is 12.1. The Balaban J connectivity index is 1.53. The lowest BCUT2D eigenvalue weighted by Gasteiger charge is -2.13. The first-order chi connectivity index (χ1) is 11.3. The molecule has 0 fully saturated rings. The van der Waals surface area contributed by atoms with Crippen molar-refractivity contribution < 1.29 is 4.79 Å². The average Bonchev–Trinajstić information content (AvgIpc) is 3.02. The fourth-order valence-corrected chi connectivity index (χ4v) is 3.36. The van der Waals surface area contributed by atoms with Crippen LogP contribution in [0.25, 0.3) is 10.9 Å². The van der Waals surface area contributed by atoms with Gasteiger partial charge in [0.15, 0.2) is 0 Å². The summed E-state index contributed by atoms with van der Waals surface area (Å²) in [5, 5.41) is 3.87. The molecule has 1 aliphatic carbocycles. The molecule has 1 aromatic carbocycles. The van der Waals surface area contributed by atoms with Crippen LogP contribution in [0.4, 0.5) is 0 Å². The van der Waals surface area contributed by atoms with Gasteiger partial charge in [-0.2, -0.15) is 0 Å². The lowest BCUT2D eigenvalue weighted by Crippen LogP contribution is -2.28. The quantitative estimate of drug-likeness (QED) is 0.809. The topological polar surface area (TPSA) is 54.9 Å². The number of pyridine rings is 2. The van der Waals surface area contributed by atoms with Crippen LogP contribution < -0.4 is 5.32 Å². The summed E-state index contributed by atoms with van der Waals surface area (Å²) in [4.78, 5) is 20.9. The van der Waals surface area contributed by atoms with E-state index < -0.39 is 0 Å². The maximum Gasteiger partial charge on any atom is 0.252 e. The van der Waals surface area contributed by atoms with Crippen molar-refractivity contribution in [1.82, 2.24) is 15.3 Å². The van der Waals surface area contributed by atoms with Gasteiger partial charge in [-0.05, 0) is 36.1 Å². The number of fused-ring (bicyclic) bond motifs is 2. The summed E-state index contributed by atoms with van der Waals surface area (Å²) in [6.45, 7) is 0.667. The van der Waals surface area contributed by atoms with Crippen LogP contribution in [0.3, 0.4) is 0 Å². The fourth-order valence-electron chi connectivity index (χ4n) is 3.36. The Hall–Kier alpha value is -2.75. The highest BCUT2D eigenvalue weighted by Crippen LogP contribution is 2.32. The largest absolute Gasteiger partial charge is 0.351 e. The van der Waals surface area contributed by atoms with Gasteiger partial charge in [0.1, 0.15) is 0 Å². The highest BCUT2D eigenvalue weighted by Gasteiger charge is 2.22. The molecule has 1 unspecified atom stereocenters. The predicted octanol–water partition coefficient (Wildman–Crippen LogP) is 3.09. The molecule has 0 saturated heterocycles. The van der Waals surface area contributed by atoms with Gasteiger partial charge in [0.05, 0.1) is 11.1 Å². The van der Waals surface area contributed by atoms with Crippen molar-refractivity contribution in [2.45, 2.75) is 18.8 Å². The summed E-state index contributed by atoms with van der Waals surface area (Å²) in [5.41, 5.74) is 4.20. The molecule has 4 rings (SSSR count). The lowest BCUT2D eigenvalue weighted by molar-refractivity contribution is 0.0952. The fraction of sp³-hybridized carbons (Fsp3) is 0.211. The molecule has 0 aliphatic heterocycles. The summed E-state index contributed by atoms with van der Waals surface area (Å²) in [5.74, 6) is 0.344. The van der Waals surface area contributed by atoms with Crippen molar-refractivity contribution in [3.05, 3.63) is 71.7 Å². The zero-order chi connectivity index (χ0) is 15.6. The van der Waals surface area contributed by atoms with E-state index in [1.165, 1.54) is 11.1 Å². The maximum absolute atomic E-state index is 12.6. The van der Waals surface area contributed by atoms with Gasteiger partial charge in [-0.15, -0.1) is 0 Å². The van der Waals surface area contributed by atoms with Crippen molar-refractivity contribution in [1.29, 1.82) is 0 Å². The SMILES string of the molecule is O=C(NCC1CCc2ccccc21)c1ccnc2ccncc12. The second-order valence-corrected chi connectivity index (χ2v) is 5.90. The Morgan fingerprint density at radius 1 is 1.17 bits per heavy atom. The molecule has 1 amide bonds. The number of benzene rings is 1. The van der Waals surface area contributed by atoms with Crippen LogP contribution in [-0.2, 0) is 6.42 Å². The molecule has 0 radical (unpaired) electrons. The molecule has 4 heteroatoms. The third-order valence-electron chi connectivity index (χ3n) is 4.55. The Labute approximate surface area is 134 Å². The molecule has 1 aliphatic rings. The molecular formula is C19H17N3O. The number of hydrogen-bond acceptors (Lipinski definition) is 3. The molecule has 0 saturated carbocycles. The van der Waals surface area contributed by atoms with Gasteiger partial charge in [-0.3, -0.25) is 14.8 Å². The van der Waals surface area contributed by atoms with Crippen LogP contribution in [0, 0.1) is 0 Å². The number of amides is 1. The van der Waals surface area contributed by atoms with E-state index in [0.717, 1.165) is 23.7 Å². The Kier molecular flexibility index (Phi) is 3.50. The van der Waals surface area contributed by atoms with Crippen LogP contribution in [0.15, 0.2) is 55.0 Å². The summed E-state index contributed by atoms with van der Waals surface area (Å²) < 4.78 is 0. The van der Waals surface area contributed by atoms with E-state index in [1.807, 2.05) is 6.07 Å². The van der Waals surface area contributed by atoms with E-state index in [0.29, 0.717) is 18.0 Å². The standard InChI is InChI=1S/C19H17N3O/c23-19(16-7-10-21-18-8-9-20-12-17(16)18)22-11-14-6-5-13-3-1-2-4-15(13)14/h1-4,7-10,12,14H,5-6,11H2,(H,22,23). The Bertz CT molecular complexity index is 870. The number of nitrogens with zero attached hydrogens (tertiary/aromatic N) is 2. The number of carbonyl (C=O) groups excluding carboxylic acids is 1. The zero-order valence-electron chi connectivity index (χ0n) is 12.7. The average molecular weight is 303 g/mol. The van der Waals surface area contributed by atoms with Crippen LogP contribution >= 0.6 is 0 Å². The minimum absolute atomic E-state index is 0.0604. The van der Waals surface area contributed by atoms with Gasteiger partial charge < -0.3 is 5.32 Å². The van der Waals surface area contributed by atoms with Gasteiger partial charge in [0.2, 0.25) is 0 Å². The minimum atomic E-state index is -0.0604. The third-order valence-corrected chi connectivity index (χ3v) is 4.55. The molecule has 1 atom stereocenters. The van der Waals surface area contributed by atoms with Crippen molar-refractivity contribution in [3.8, 4) is 0 Å². The monoisotopic (exact) mass is 303 g/mol. The van der Waals surface area contributed by atoms with Crippen molar-refractivity contribution in [3.63, 3.8) is 0 Å². The molecule has 2 heterocycles. The molecule has 0 bridgehead atoms. The second-order valence-electron chi connectivity index (χ2n) is 5.90. The van der Waals surface area contributed by atoms with Crippen LogP contribution in [0.1, 0.15) is 33.8 Å². The van der Waals surface area contributed by atoms with Gasteiger partial charge >= 0.3 is 0 Å². The zero-order valence-corrected chi connectivity index (χ0v) is 12.7. The number of carbonyl (C=O) groups is 1. The Morgan fingerprint density at radius 2 is 2.09 bits per heavy atom. The van der Waals surface area contributed by atoms with Gasteiger partial charge in [-0.25, -0.2) is 0 Å². The first-order valence-electron chi connectivity index (χ1n) is 7.87. The molecule has 0 spiro atoms. The van der Waals surface area contributed by atoms with Crippen LogP contribution in [0.5, 0.6) is 0 Å². The number of nitrogens with one attached hydrogen (secondary N) is 1. The van der Waals surface area contributed by atoms with E-state index in [2.05, 4.69) is 39.6 Å². The molecule has 1 N–H and O–H groups in total. The first kappa shape index (κ1) is 13.9. The van der Waals surface area contributed by atoms with E-state index >= 15 is 0 Å². The number of rotatable bonds is 3. The number of aryl methyl sites for hydroxylation is 1. The molecule has 23 heavy (non-hydrogen) atoms. The smallest absolute Gasteiger partial charge is 0.252 e. The highest BCUT2D eigenvalue weighted by molar-refractivity contribution is 6.05. The van der Waals surface area contributed by atoms with Crippen LogP contribution in [0.2, 0.25) is 0 Å². The van der Waals surface area contributed by atoms with Gasteiger partial charge in [0, 0.05) is 36.4 Å². The van der Waals surface area contributed by atoms with Gasteiger partial charge in [0.25, 0.3) is 5.91 Å². The van der Waals surface area contributed by atoms with Crippen molar-refractivity contribution in [2.24, 2.45) is 0 Å². The van der Waals surface area contributed by atoms with Crippen molar-refractivity contribution in [2.75, 3.05) is 6.54 Å².